The average Bonchev–Trinajstić information content (AvgIpc) is 2.05. The van der Waals surface area contributed by atoms with E-state index in [2.05, 4.69) is 35.7 Å². The van der Waals surface area contributed by atoms with E-state index in [1.165, 1.54) is 18.7 Å². The van der Waals surface area contributed by atoms with Crippen molar-refractivity contribution in [2.24, 2.45) is 0 Å². The van der Waals surface area contributed by atoms with Crippen LogP contribution in [0.5, 0.6) is 0 Å². The molecule has 0 saturated carbocycles. The van der Waals surface area contributed by atoms with Crippen LogP contribution in [0.15, 0.2) is 43.0 Å². The van der Waals surface area contributed by atoms with Gasteiger partial charge in [-0.2, -0.15) is 0 Å². The number of para-hydroxylation sites is 1. The Morgan fingerprint density at radius 1 is 1.33 bits per heavy atom. The molecular weight excluding hydrogens is 146 g/mol. The van der Waals surface area contributed by atoms with Crippen LogP contribution in [-0.2, 0) is 0 Å². The maximum atomic E-state index is 3.82. The predicted octanol–water partition coefficient (Wildman–Crippen LogP) is 2.45. The molecule has 1 unspecified atom stereocenters. The van der Waals surface area contributed by atoms with Gasteiger partial charge >= 0.3 is 0 Å². The van der Waals surface area contributed by atoms with Gasteiger partial charge in [-0.1, -0.05) is 24.3 Å². The quantitative estimate of drug-likeness (QED) is 0.599. The van der Waals surface area contributed by atoms with Crippen LogP contribution >= 0.6 is 0 Å². The maximum absolute atomic E-state index is 3.82. The summed E-state index contributed by atoms with van der Waals surface area (Å²) in [6.45, 7) is 4.98. The Hall–Kier alpha value is -1.24. The Labute approximate surface area is 73.3 Å². The van der Waals surface area contributed by atoms with Crippen LogP contribution in [0.1, 0.15) is 6.42 Å². The minimum absolute atomic E-state index is 0.562. The fourth-order valence-corrected chi connectivity index (χ4v) is 1.59. The normalized spacial score (nSPS) is 21.7. The van der Waals surface area contributed by atoms with Crippen LogP contribution in [0.3, 0.4) is 0 Å². The summed E-state index contributed by atoms with van der Waals surface area (Å²) in [5.74, 6) is 0. The lowest BCUT2D eigenvalue weighted by atomic mass is 10.0. The van der Waals surface area contributed by atoms with E-state index in [0.29, 0.717) is 6.04 Å². The van der Waals surface area contributed by atoms with Gasteiger partial charge in [0.15, 0.2) is 0 Å². The van der Waals surface area contributed by atoms with E-state index in [1.54, 1.807) is 0 Å². The molecule has 1 heteroatoms. The first-order chi connectivity index (χ1) is 5.92. The van der Waals surface area contributed by atoms with E-state index in [1.807, 2.05) is 12.1 Å². The molecule has 62 valence electrons. The number of rotatable bonds is 2. The van der Waals surface area contributed by atoms with Gasteiger partial charge in [0.2, 0.25) is 0 Å². The smallest absolute Gasteiger partial charge is 0.0487 e. The average molecular weight is 159 g/mol. The highest BCUT2D eigenvalue weighted by Gasteiger charge is 2.24. The first-order valence-electron chi connectivity index (χ1n) is 4.36. The Morgan fingerprint density at radius 3 is 2.58 bits per heavy atom. The van der Waals surface area contributed by atoms with Crippen LogP contribution in [-0.4, -0.2) is 12.6 Å². The molecule has 0 aromatic heterocycles. The molecule has 0 amide bonds. The number of hydrogen-bond donors (Lipinski definition) is 0. The second-order valence-corrected chi connectivity index (χ2v) is 3.12. The summed E-state index contributed by atoms with van der Waals surface area (Å²) < 4.78 is 0. The SMILES string of the molecule is C=CC1CCN1c1ccccc1. The number of nitrogens with zero attached hydrogens (tertiary/aromatic N) is 1. The minimum Gasteiger partial charge on any atom is -0.365 e. The van der Waals surface area contributed by atoms with Crippen molar-refractivity contribution in [1.29, 1.82) is 0 Å². The van der Waals surface area contributed by atoms with E-state index < -0.39 is 0 Å². The van der Waals surface area contributed by atoms with Gasteiger partial charge in [0.25, 0.3) is 0 Å². The highest BCUT2D eigenvalue weighted by atomic mass is 15.2. The van der Waals surface area contributed by atoms with E-state index in [-0.39, 0.29) is 0 Å². The second-order valence-electron chi connectivity index (χ2n) is 3.12. The summed E-state index contributed by atoms with van der Waals surface area (Å²) in [5, 5.41) is 0. The molecule has 0 bridgehead atoms. The lowest BCUT2D eigenvalue weighted by Gasteiger charge is -2.41. The fourth-order valence-electron chi connectivity index (χ4n) is 1.59. The monoisotopic (exact) mass is 159 g/mol. The molecule has 0 N–H and O–H groups in total. The topological polar surface area (TPSA) is 3.24 Å². The molecule has 1 aromatic carbocycles. The van der Waals surface area contributed by atoms with Crippen LogP contribution < -0.4 is 4.90 Å². The zero-order valence-corrected chi connectivity index (χ0v) is 7.11. The van der Waals surface area contributed by atoms with Gasteiger partial charge < -0.3 is 4.90 Å². The van der Waals surface area contributed by atoms with E-state index >= 15 is 0 Å². The van der Waals surface area contributed by atoms with Crippen molar-refractivity contribution < 1.29 is 0 Å². The Morgan fingerprint density at radius 2 is 2.08 bits per heavy atom. The van der Waals surface area contributed by atoms with Gasteiger partial charge in [0.05, 0.1) is 0 Å². The van der Waals surface area contributed by atoms with Gasteiger partial charge in [0.1, 0.15) is 0 Å². The molecule has 2 rings (SSSR count). The van der Waals surface area contributed by atoms with Gasteiger partial charge in [-0.05, 0) is 18.6 Å². The Bertz CT molecular complexity index is 266. The van der Waals surface area contributed by atoms with Crippen LogP contribution in [0.2, 0.25) is 0 Å². The largest absolute Gasteiger partial charge is 0.365 e. The van der Waals surface area contributed by atoms with Crippen molar-refractivity contribution >= 4 is 5.69 Å². The summed E-state index contributed by atoms with van der Waals surface area (Å²) >= 11 is 0. The summed E-state index contributed by atoms with van der Waals surface area (Å²) in [7, 11) is 0. The van der Waals surface area contributed by atoms with Crippen molar-refractivity contribution in [1.82, 2.24) is 0 Å². The van der Waals surface area contributed by atoms with Crippen molar-refractivity contribution in [3.05, 3.63) is 43.0 Å². The molecule has 1 nitrogen and oxygen atoms in total. The molecule has 1 saturated heterocycles. The third kappa shape index (κ3) is 1.11. The van der Waals surface area contributed by atoms with Crippen LogP contribution in [0.4, 0.5) is 5.69 Å². The summed E-state index contributed by atoms with van der Waals surface area (Å²) in [6, 6.07) is 11.1. The molecule has 1 aliphatic heterocycles. The zero-order chi connectivity index (χ0) is 8.39. The van der Waals surface area contributed by atoms with Crippen LogP contribution in [0.25, 0.3) is 0 Å². The number of hydrogen-bond acceptors (Lipinski definition) is 1. The van der Waals surface area contributed by atoms with E-state index in [4.69, 9.17) is 0 Å². The van der Waals surface area contributed by atoms with Crippen molar-refractivity contribution in [3.63, 3.8) is 0 Å². The molecule has 12 heavy (non-hydrogen) atoms. The summed E-state index contributed by atoms with van der Waals surface area (Å²) in [5.41, 5.74) is 1.31. The number of benzene rings is 1. The Kier molecular flexibility index (Phi) is 1.86. The predicted molar refractivity (Wildman–Crippen MR) is 52.4 cm³/mol. The molecule has 1 aromatic rings. The molecule has 1 fully saturated rings. The summed E-state index contributed by atoms with van der Waals surface area (Å²) in [4.78, 5) is 2.37. The minimum atomic E-state index is 0.562. The highest BCUT2D eigenvalue weighted by Crippen LogP contribution is 2.26. The molecule has 1 heterocycles. The fraction of sp³-hybridized carbons (Fsp3) is 0.273. The lowest BCUT2D eigenvalue weighted by Crippen LogP contribution is -2.46. The van der Waals surface area contributed by atoms with E-state index in [9.17, 15) is 0 Å². The molecular formula is C11H13N. The molecule has 0 aliphatic carbocycles. The van der Waals surface area contributed by atoms with Crippen molar-refractivity contribution in [2.45, 2.75) is 12.5 Å². The van der Waals surface area contributed by atoms with Gasteiger partial charge in [-0.15, -0.1) is 6.58 Å². The third-order valence-electron chi connectivity index (χ3n) is 2.43. The van der Waals surface area contributed by atoms with Crippen LogP contribution in [0, 0.1) is 0 Å². The molecule has 0 radical (unpaired) electrons. The van der Waals surface area contributed by atoms with Gasteiger partial charge in [-0.3, -0.25) is 0 Å². The zero-order valence-electron chi connectivity index (χ0n) is 7.11. The van der Waals surface area contributed by atoms with E-state index in [0.717, 1.165) is 0 Å². The molecule has 1 atom stereocenters. The summed E-state index contributed by atoms with van der Waals surface area (Å²) in [6.07, 6.45) is 3.27. The number of anilines is 1. The van der Waals surface area contributed by atoms with Gasteiger partial charge in [-0.25, -0.2) is 0 Å². The first kappa shape index (κ1) is 7.41. The molecule has 0 spiro atoms. The van der Waals surface area contributed by atoms with Crippen molar-refractivity contribution in [3.8, 4) is 0 Å². The third-order valence-corrected chi connectivity index (χ3v) is 2.43. The highest BCUT2D eigenvalue weighted by molar-refractivity contribution is 5.50. The van der Waals surface area contributed by atoms with Gasteiger partial charge in [0, 0.05) is 18.3 Å². The maximum Gasteiger partial charge on any atom is 0.0487 e. The molecule has 1 aliphatic rings. The van der Waals surface area contributed by atoms with Crippen molar-refractivity contribution in [2.75, 3.05) is 11.4 Å². The first-order valence-corrected chi connectivity index (χ1v) is 4.36. The lowest BCUT2D eigenvalue weighted by molar-refractivity contribution is 0.523. The standard InChI is InChI=1S/C11H13N/c1-2-10-8-9-12(10)11-6-4-3-5-7-11/h2-7,10H,1,8-9H2. The second kappa shape index (κ2) is 3.02. The Balaban J connectivity index is 2.16.